The van der Waals surface area contributed by atoms with Gasteiger partial charge in [0.15, 0.2) is 5.78 Å². The van der Waals surface area contributed by atoms with E-state index in [4.69, 9.17) is 4.74 Å². The SMILES string of the molecule is CCOC(=O)C(C)Sc1cccc(C(C)=O)c1. The number of hydrogen-bond donors (Lipinski definition) is 0. The van der Waals surface area contributed by atoms with Gasteiger partial charge in [-0.2, -0.15) is 0 Å². The first-order valence-electron chi connectivity index (χ1n) is 5.49. The maximum absolute atomic E-state index is 11.5. The van der Waals surface area contributed by atoms with Gasteiger partial charge in [-0.1, -0.05) is 12.1 Å². The fraction of sp³-hybridized carbons (Fsp3) is 0.385. The third-order valence-electron chi connectivity index (χ3n) is 2.17. The Morgan fingerprint density at radius 3 is 2.71 bits per heavy atom. The molecule has 1 aromatic carbocycles. The fourth-order valence-corrected chi connectivity index (χ4v) is 2.22. The first kappa shape index (κ1) is 13.8. The van der Waals surface area contributed by atoms with Gasteiger partial charge in [-0.3, -0.25) is 9.59 Å². The number of ketones is 1. The molecule has 0 N–H and O–H groups in total. The Labute approximate surface area is 106 Å². The Balaban J connectivity index is 2.71. The summed E-state index contributed by atoms with van der Waals surface area (Å²) in [5, 5.41) is -0.267. The molecule has 0 aliphatic rings. The molecule has 0 radical (unpaired) electrons. The van der Waals surface area contributed by atoms with Crippen LogP contribution in [0.3, 0.4) is 0 Å². The summed E-state index contributed by atoms with van der Waals surface area (Å²) in [6.07, 6.45) is 0. The number of benzene rings is 1. The molecule has 3 nitrogen and oxygen atoms in total. The first-order valence-corrected chi connectivity index (χ1v) is 6.37. The minimum Gasteiger partial charge on any atom is -0.465 e. The fourth-order valence-electron chi connectivity index (χ4n) is 1.30. The third-order valence-corrected chi connectivity index (χ3v) is 3.24. The number of carbonyl (C=O) groups is 2. The Morgan fingerprint density at radius 2 is 2.12 bits per heavy atom. The van der Waals surface area contributed by atoms with Crippen LogP contribution < -0.4 is 0 Å². The van der Waals surface area contributed by atoms with Gasteiger partial charge in [0.1, 0.15) is 5.25 Å². The number of rotatable bonds is 5. The van der Waals surface area contributed by atoms with Crippen LogP contribution in [0.2, 0.25) is 0 Å². The van der Waals surface area contributed by atoms with Crippen LogP contribution >= 0.6 is 11.8 Å². The molecule has 1 aromatic rings. The van der Waals surface area contributed by atoms with Crippen molar-refractivity contribution in [3.05, 3.63) is 29.8 Å². The van der Waals surface area contributed by atoms with Crippen LogP contribution in [0.5, 0.6) is 0 Å². The summed E-state index contributed by atoms with van der Waals surface area (Å²) in [5.41, 5.74) is 0.658. The molecule has 92 valence electrons. The van der Waals surface area contributed by atoms with Crippen LogP contribution in [0.4, 0.5) is 0 Å². The van der Waals surface area contributed by atoms with E-state index in [9.17, 15) is 9.59 Å². The van der Waals surface area contributed by atoms with Crippen LogP contribution in [-0.2, 0) is 9.53 Å². The van der Waals surface area contributed by atoms with E-state index in [0.717, 1.165) is 4.90 Å². The lowest BCUT2D eigenvalue weighted by Crippen LogP contribution is -2.16. The second-order valence-corrected chi connectivity index (χ2v) is 5.01. The lowest BCUT2D eigenvalue weighted by atomic mass is 10.2. The predicted octanol–water partition coefficient (Wildman–Crippen LogP) is 2.93. The zero-order valence-corrected chi connectivity index (χ0v) is 11.0. The van der Waals surface area contributed by atoms with E-state index in [-0.39, 0.29) is 17.0 Å². The number of carbonyl (C=O) groups excluding carboxylic acids is 2. The molecule has 1 atom stereocenters. The van der Waals surface area contributed by atoms with Gasteiger partial charge in [0, 0.05) is 10.5 Å². The highest BCUT2D eigenvalue weighted by Crippen LogP contribution is 2.24. The lowest BCUT2D eigenvalue weighted by Gasteiger charge is -2.10. The van der Waals surface area contributed by atoms with Gasteiger partial charge in [0.05, 0.1) is 6.61 Å². The summed E-state index contributed by atoms with van der Waals surface area (Å²) in [6, 6.07) is 7.26. The molecule has 0 aliphatic carbocycles. The van der Waals surface area contributed by atoms with E-state index in [1.54, 1.807) is 26.0 Å². The first-order chi connectivity index (χ1) is 8.04. The van der Waals surface area contributed by atoms with E-state index in [2.05, 4.69) is 0 Å². The highest BCUT2D eigenvalue weighted by atomic mass is 32.2. The zero-order chi connectivity index (χ0) is 12.8. The van der Waals surface area contributed by atoms with Crippen LogP contribution in [0.25, 0.3) is 0 Å². The maximum Gasteiger partial charge on any atom is 0.319 e. The molecule has 0 aromatic heterocycles. The van der Waals surface area contributed by atoms with Crippen molar-refractivity contribution in [3.8, 4) is 0 Å². The number of esters is 1. The van der Waals surface area contributed by atoms with E-state index < -0.39 is 0 Å². The van der Waals surface area contributed by atoms with Crippen molar-refractivity contribution in [2.24, 2.45) is 0 Å². The number of ether oxygens (including phenoxy) is 1. The summed E-state index contributed by atoms with van der Waals surface area (Å²) < 4.78 is 4.93. The van der Waals surface area contributed by atoms with Crippen LogP contribution in [0.1, 0.15) is 31.1 Å². The zero-order valence-electron chi connectivity index (χ0n) is 10.2. The minimum atomic E-state index is -0.267. The van der Waals surface area contributed by atoms with Gasteiger partial charge in [-0.05, 0) is 32.9 Å². The van der Waals surface area contributed by atoms with Crippen molar-refractivity contribution in [2.75, 3.05) is 6.61 Å². The smallest absolute Gasteiger partial charge is 0.319 e. The van der Waals surface area contributed by atoms with Crippen LogP contribution in [0.15, 0.2) is 29.2 Å². The molecule has 4 heteroatoms. The molecule has 0 fully saturated rings. The maximum atomic E-state index is 11.5. The van der Waals surface area contributed by atoms with E-state index >= 15 is 0 Å². The van der Waals surface area contributed by atoms with Gasteiger partial charge < -0.3 is 4.74 Å². The Bertz CT molecular complexity index is 415. The monoisotopic (exact) mass is 252 g/mol. The molecular weight excluding hydrogens is 236 g/mol. The normalized spacial score (nSPS) is 11.9. The van der Waals surface area contributed by atoms with Crippen molar-refractivity contribution in [3.63, 3.8) is 0 Å². The minimum absolute atomic E-state index is 0.0243. The summed E-state index contributed by atoms with van der Waals surface area (Å²) in [7, 11) is 0. The summed E-state index contributed by atoms with van der Waals surface area (Å²) >= 11 is 1.40. The van der Waals surface area contributed by atoms with Gasteiger partial charge in [0.25, 0.3) is 0 Å². The lowest BCUT2D eigenvalue weighted by molar-refractivity contribution is -0.142. The third kappa shape index (κ3) is 4.23. The standard InChI is InChI=1S/C13H16O3S/c1-4-16-13(15)10(3)17-12-7-5-6-11(8-12)9(2)14/h5-8,10H,4H2,1-3H3. The topological polar surface area (TPSA) is 43.4 Å². The molecule has 0 amide bonds. The highest BCUT2D eigenvalue weighted by molar-refractivity contribution is 8.00. The molecule has 0 bridgehead atoms. The molecule has 0 spiro atoms. The Morgan fingerprint density at radius 1 is 1.41 bits per heavy atom. The van der Waals surface area contributed by atoms with Crippen molar-refractivity contribution in [1.82, 2.24) is 0 Å². The van der Waals surface area contributed by atoms with E-state index in [0.29, 0.717) is 12.2 Å². The molecule has 0 saturated carbocycles. The van der Waals surface area contributed by atoms with Crippen molar-refractivity contribution in [1.29, 1.82) is 0 Å². The largest absolute Gasteiger partial charge is 0.465 e. The van der Waals surface area contributed by atoms with Gasteiger partial charge in [-0.15, -0.1) is 11.8 Å². The van der Waals surface area contributed by atoms with Gasteiger partial charge >= 0.3 is 5.97 Å². The molecule has 17 heavy (non-hydrogen) atoms. The van der Waals surface area contributed by atoms with Crippen LogP contribution in [-0.4, -0.2) is 23.6 Å². The summed E-state index contributed by atoms with van der Waals surface area (Å²) in [5.74, 6) is -0.207. The number of thioether (sulfide) groups is 1. The van der Waals surface area contributed by atoms with Gasteiger partial charge in [-0.25, -0.2) is 0 Å². The molecule has 0 saturated heterocycles. The van der Waals surface area contributed by atoms with Gasteiger partial charge in [0.2, 0.25) is 0 Å². The molecule has 0 aliphatic heterocycles. The van der Waals surface area contributed by atoms with Crippen molar-refractivity contribution in [2.45, 2.75) is 30.9 Å². The average molecular weight is 252 g/mol. The predicted molar refractivity (Wildman–Crippen MR) is 68.4 cm³/mol. The van der Waals surface area contributed by atoms with Crippen molar-refractivity contribution >= 4 is 23.5 Å². The highest BCUT2D eigenvalue weighted by Gasteiger charge is 2.15. The average Bonchev–Trinajstić information content (AvgIpc) is 2.29. The van der Waals surface area contributed by atoms with Crippen LogP contribution in [0, 0.1) is 0 Å². The quantitative estimate of drug-likeness (QED) is 0.459. The molecule has 1 rings (SSSR count). The second kappa shape index (κ2) is 6.45. The number of hydrogen-bond acceptors (Lipinski definition) is 4. The number of Topliss-reactive ketones (excluding diaryl/α,β-unsaturated/α-hetero) is 1. The van der Waals surface area contributed by atoms with E-state index in [1.807, 2.05) is 12.1 Å². The van der Waals surface area contributed by atoms with Crippen molar-refractivity contribution < 1.29 is 14.3 Å². The summed E-state index contributed by atoms with van der Waals surface area (Å²) in [6.45, 7) is 5.49. The second-order valence-electron chi connectivity index (χ2n) is 3.60. The molecule has 1 unspecified atom stereocenters. The Kier molecular flexibility index (Phi) is 5.22. The molecule has 0 heterocycles. The summed E-state index contributed by atoms with van der Waals surface area (Å²) in [4.78, 5) is 23.6. The molecular formula is C13H16O3S. The Hall–Kier alpha value is -1.29. The van der Waals surface area contributed by atoms with E-state index in [1.165, 1.54) is 18.7 Å².